The van der Waals surface area contributed by atoms with Crippen LogP contribution >= 0.6 is 0 Å². The lowest BCUT2D eigenvalue weighted by Crippen LogP contribution is -2.34. The van der Waals surface area contributed by atoms with Crippen LogP contribution in [0.4, 0.5) is 0 Å². The SMILES string of the molecule is C[C@H](CC#N)N(C)C[C@@H](C)O. The van der Waals surface area contributed by atoms with Gasteiger partial charge < -0.3 is 10.0 Å². The molecule has 3 nitrogen and oxygen atoms in total. The van der Waals surface area contributed by atoms with Gasteiger partial charge in [0.15, 0.2) is 0 Å². The normalized spacial score (nSPS) is 16.0. The lowest BCUT2D eigenvalue weighted by Gasteiger charge is -2.23. The van der Waals surface area contributed by atoms with Crippen LogP contribution < -0.4 is 0 Å². The number of hydrogen-bond acceptors (Lipinski definition) is 3. The smallest absolute Gasteiger partial charge is 0.0639 e. The van der Waals surface area contributed by atoms with Crippen LogP contribution in [0.3, 0.4) is 0 Å². The maximum atomic E-state index is 9.02. The van der Waals surface area contributed by atoms with Gasteiger partial charge in [0.2, 0.25) is 0 Å². The summed E-state index contributed by atoms with van der Waals surface area (Å²) in [5.41, 5.74) is 0. The molecule has 0 bridgehead atoms. The lowest BCUT2D eigenvalue weighted by molar-refractivity contribution is 0.122. The highest BCUT2D eigenvalue weighted by Crippen LogP contribution is 2.00. The molecule has 0 aliphatic rings. The highest BCUT2D eigenvalue weighted by atomic mass is 16.3. The molecule has 0 spiro atoms. The minimum absolute atomic E-state index is 0.231. The Hall–Kier alpha value is -0.590. The van der Waals surface area contributed by atoms with Gasteiger partial charge in [-0.15, -0.1) is 0 Å². The van der Waals surface area contributed by atoms with Gasteiger partial charge in [0.05, 0.1) is 18.6 Å². The maximum Gasteiger partial charge on any atom is 0.0639 e. The fraction of sp³-hybridized carbons (Fsp3) is 0.875. The molecule has 0 rings (SSSR count). The largest absolute Gasteiger partial charge is 0.392 e. The molecule has 0 heterocycles. The van der Waals surface area contributed by atoms with E-state index in [1.165, 1.54) is 0 Å². The Balaban J connectivity index is 3.65. The molecule has 0 saturated carbocycles. The Kier molecular flexibility index (Phi) is 4.84. The number of aliphatic hydroxyl groups is 1. The molecule has 11 heavy (non-hydrogen) atoms. The topological polar surface area (TPSA) is 47.3 Å². The zero-order valence-electron chi connectivity index (χ0n) is 7.41. The van der Waals surface area contributed by atoms with Crippen molar-refractivity contribution in [3.05, 3.63) is 0 Å². The van der Waals surface area contributed by atoms with Gasteiger partial charge in [0, 0.05) is 12.6 Å². The van der Waals surface area contributed by atoms with Crippen molar-refractivity contribution in [1.29, 1.82) is 5.26 Å². The molecule has 1 N–H and O–H groups in total. The van der Waals surface area contributed by atoms with E-state index < -0.39 is 0 Å². The van der Waals surface area contributed by atoms with E-state index in [1.54, 1.807) is 6.92 Å². The van der Waals surface area contributed by atoms with E-state index >= 15 is 0 Å². The molecule has 0 unspecified atom stereocenters. The number of hydrogen-bond donors (Lipinski definition) is 1. The molecular weight excluding hydrogens is 140 g/mol. The molecule has 0 aliphatic heterocycles. The van der Waals surface area contributed by atoms with E-state index in [1.807, 2.05) is 18.9 Å². The van der Waals surface area contributed by atoms with E-state index in [0.717, 1.165) is 0 Å². The first-order valence-corrected chi connectivity index (χ1v) is 3.83. The molecule has 0 saturated heterocycles. The van der Waals surface area contributed by atoms with Gasteiger partial charge in [-0.1, -0.05) is 0 Å². The van der Waals surface area contributed by atoms with Gasteiger partial charge in [0.25, 0.3) is 0 Å². The van der Waals surface area contributed by atoms with E-state index in [4.69, 9.17) is 10.4 Å². The van der Waals surface area contributed by atoms with Gasteiger partial charge in [-0.25, -0.2) is 0 Å². The van der Waals surface area contributed by atoms with Gasteiger partial charge in [0.1, 0.15) is 0 Å². The van der Waals surface area contributed by atoms with Crippen LogP contribution in [0.1, 0.15) is 20.3 Å². The summed E-state index contributed by atoms with van der Waals surface area (Å²) in [4.78, 5) is 1.98. The predicted octanol–water partition coefficient (Wildman–Crippen LogP) is 0.601. The first kappa shape index (κ1) is 10.4. The molecule has 3 heteroatoms. The van der Waals surface area contributed by atoms with Crippen LogP contribution in [0.2, 0.25) is 0 Å². The van der Waals surface area contributed by atoms with Crippen LogP contribution in [0.15, 0.2) is 0 Å². The van der Waals surface area contributed by atoms with Gasteiger partial charge in [-0.3, -0.25) is 0 Å². The van der Waals surface area contributed by atoms with Crippen molar-refractivity contribution in [1.82, 2.24) is 4.90 Å². The summed E-state index contributed by atoms with van der Waals surface area (Å²) in [7, 11) is 1.91. The number of nitrogens with zero attached hydrogens (tertiary/aromatic N) is 2. The standard InChI is InChI=1S/C8H16N2O/c1-7(4-5-9)10(3)6-8(2)11/h7-8,11H,4,6H2,1-3H3/t7-,8-/m1/s1. The van der Waals surface area contributed by atoms with Gasteiger partial charge >= 0.3 is 0 Å². The summed E-state index contributed by atoms with van der Waals surface area (Å²) < 4.78 is 0. The van der Waals surface area contributed by atoms with E-state index in [0.29, 0.717) is 13.0 Å². The van der Waals surface area contributed by atoms with Crippen LogP contribution in [0.25, 0.3) is 0 Å². The zero-order valence-corrected chi connectivity index (χ0v) is 7.41. The Labute approximate surface area is 68.2 Å². The van der Waals surface area contributed by atoms with Crippen molar-refractivity contribution < 1.29 is 5.11 Å². The van der Waals surface area contributed by atoms with Gasteiger partial charge in [-0.05, 0) is 20.9 Å². The average Bonchev–Trinajstić information content (AvgIpc) is 1.86. The van der Waals surface area contributed by atoms with Crippen molar-refractivity contribution in [3.63, 3.8) is 0 Å². The summed E-state index contributed by atoms with van der Waals surface area (Å²) in [5, 5.41) is 17.4. The first-order valence-electron chi connectivity index (χ1n) is 3.83. The van der Waals surface area contributed by atoms with Crippen molar-refractivity contribution in [3.8, 4) is 6.07 Å². The maximum absolute atomic E-state index is 9.02. The Morgan fingerprint density at radius 3 is 2.45 bits per heavy atom. The predicted molar refractivity (Wildman–Crippen MR) is 44.0 cm³/mol. The minimum atomic E-state index is -0.318. The molecule has 2 atom stereocenters. The Morgan fingerprint density at radius 1 is 1.55 bits per heavy atom. The van der Waals surface area contributed by atoms with Crippen LogP contribution in [-0.2, 0) is 0 Å². The average molecular weight is 156 g/mol. The Morgan fingerprint density at radius 2 is 2.09 bits per heavy atom. The molecule has 0 amide bonds. The molecule has 0 radical (unpaired) electrons. The molecule has 0 fully saturated rings. The van der Waals surface area contributed by atoms with Crippen molar-refractivity contribution in [2.75, 3.05) is 13.6 Å². The van der Waals surface area contributed by atoms with Crippen molar-refractivity contribution >= 4 is 0 Å². The summed E-state index contributed by atoms with van der Waals surface area (Å²) in [5.74, 6) is 0. The minimum Gasteiger partial charge on any atom is -0.392 e. The van der Waals surface area contributed by atoms with Crippen molar-refractivity contribution in [2.45, 2.75) is 32.4 Å². The Bertz CT molecular complexity index is 140. The second-order valence-corrected chi connectivity index (χ2v) is 3.00. The quantitative estimate of drug-likeness (QED) is 0.648. The molecule has 64 valence electrons. The number of nitriles is 1. The first-order chi connectivity index (χ1) is 5.07. The third-order valence-electron chi connectivity index (χ3n) is 1.69. The lowest BCUT2D eigenvalue weighted by atomic mass is 10.2. The fourth-order valence-electron chi connectivity index (χ4n) is 0.885. The van der Waals surface area contributed by atoms with Crippen molar-refractivity contribution in [2.24, 2.45) is 0 Å². The number of aliphatic hydroxyl groups excluding tert-OH is 1. The summed E-state index contributed by atoms with van der Waals surface area (Å²) in [6, 6.07) is 2.33. The third-order valence-corrected chi connectivity index (χ3v) is 1.69. The zero-order chi connectivity index (χ0) is 8.85. The second-order valence-electron chi connectivity index (χ2n) is 3.00. The summed E-state index contributed by atoms with van der Waals surface area (Å²) in [6.45, 7) is 4.35. The molecule has 0 aromatic heterocycles. The molecule has 0 aromatic rings. The van der Waals surface area contributed by atoms with Crippen LogP contribution in [0, 0.1) is 11.3 Å². The van der Waals surface area contributed by atoms with E-state index in [2.05, 4.69) is 6.07 Å². The molecule has 0 aromatic carbocycles. The number of rotatable bonds is 4. The van der Waals surface area contributed by atoms with E-state index in [-0.39, 0.29) is 12.1 Å². The highest BCUT2D eigenvalue weighted by Gasteiger charge is 2.09. The highest BCUT2D eigenvalue weighted by molar-refractivity contribution is 4.78. The number of likely N-dealkylation sites (N-methyl/N-ethyl adjacent to an activating group) is 1. The summed E-state index contributed by atoms with van der Waals surface area (Å²) in [6.07, 6.45) is 0.199. The summed E-state index contributed by atoms with van der Waals surface area (Å²) >= 11 is 0. The van der Waals surface area contributed by atoms with Gasteiger partial charge in [-0.2, -0.15) is 5.26 Å². The van der Waals surface area contributed by atoms with Crippen LogP contribution in [0.5, 0.6) is 0 Å². The van der Waals surface area contributed by atoms with E-state index in [9.17, 15) is 0 Å². The fourth-order valence-corrected chi connectivity index (χ4v) is 0.885. The third kappa shape index (κ3) is 4.77. The molecule has 0 aliphatic carbocycles. The van der Waals surface area contributed by atoms with Crippen LogP contribution in [-0.4, -0.2) is 35.7 Å². The monoisotopic (exact) mass is 156 g/mol. The second kappa shape index (κ2) is 5.11. The molecular formula is C8H16N2O.